The van der Waals surface area contributed by atoms with Gasteiger partial charge in [-0.2, -0.15) is 0 Å². The van der Waals surface area contributed by atoms with E-state index in [1.807, 2.05) is 0 Å². The average molecular weight is 504 g/mol. The average Bonchev–Trinajstić information content (AvgIpc) is 3.17. The van der Waals surface area contributed by atoms with E-state index in [9.17, 15) is 20.1 Å². The van der Waals surface area contributed by atoms with E-state index in [0.717, 1.165) is 64.3 Å². The topological polar surface area (TPSA) is 89.8 Å². The van der Waals surface area contributed by atoms with Crippen LogP contribution in [0.3, 0.4) is 0 Å². The smallest absolute Gasteiger partial charge is 0.310 e. The summed E-state index contributed by atoms with van der Waals surface area (Å²) in [7, 11) is 0. The summed E-state index contributed by atoms with van der Waals surface area (Å²) in [6.45, 7) is 10.1. The zero-order valence-corrected chi connectivity index (χ0v) is 23.3. The molecule has 0 aromatic carbocycles. The van der Waals surface area contributed by atoms with Crippen LogP contribution in [-0.4, -0.2) is 46.1 Å². The summed E-state index contributed by atoms with van der Waals surface area (Å²) < 4.78 is 0. The number of carboxylic acids is 1. The van der Waals surface area contributed by atoms with E-state index in [1.165, 1.54) is 19.3 Å². The molecule has 0 aromatic heterocycles. The van der Waals surface area contributed by atoms with Gasteiger partial charge in [-0.1, -0.05) is 47.0 Å². The number of aliphatic hydroxyl groups is 2. The van der Waals surface area contributed by atoms with E-state index in [4.69, 9.17) is 0 Å². The molecular formula is C31H53NO4. The van der Waals surface area contributed by atoms with Gasteiger partial charge in [0.1, 0.15) is 0 Å². The molecule has 0 heterocycles. The molecule has 5 rings (SSSR count). The largest absolute Gasteiger partial charge is 0.481 e. The lowest BCUT2D eigenvalue weighted by Gasteiger charge is -2.65. The fraction of sp³-hybridized carbons (Fsp3) is 0.968. The minimum absolute atomic E-state index is 0.0564. The second kappa shape index (κ2) is 9.83. The summed E-state index contributed by atoms with van der Waals surface area (Å²) in [6.07, 6.45) is 12.4. The van der Waals surface area contributed by atoms with E-state index in [2.05, 4.69) is 33.0 Å². The maximum atomic E-state index is 13.2. The zero-order valence-electron chi connectivity index (χ0n) is 23.3. The van der Waals surface area contributed by atoms with Crippen molar-refractivity contribution in [1.82, 2.24) is 5.32 Å². The van der Waals surface area contributed by atoms with Crippen LogP contribution in [0.1, 0.15) is 111 Å². The summed E-state index contributed by atoms with van der Waals surface area (Å²) in [4.78, 5) is 13.2. The number of carboxylic acid groups (broad SMARTS) is 1. The highest BCUT2D eigenvalue weighted by atomic mass is 16.4. The van der Waals surface area contributed by atoms with Gasteiger partial charge in [0.2, 0.25) is 0 Å². The number of aliphatic carboxylic acids is 1. The van der Waals surface area contributed by atoms with Gasteiger partial charge in [-0.25, -0.2) is 0 Å². The van der Waals surface area contributed by atoms with Crippen LogP contribution in [0.5, 0.6) is 0 Å². The zero-order chi connectivity index (χ0) is 25.9. The predicted octanol–water partition coefficient (Wildman–Crippen LogP) is 5.63. The summed E-state index contributed by atoms with van der Waals surface area (Å²) in [5, 5.41) is 36.7. The van der Waals surface area contributed by atoms with Crippen LogP contribution in [0.25, 0.3) is 0 Å². The fourth-order valence-corrected chi connectivity index (χ4v) is 11.1. The third-order valence-electron chi connectivity index (χ3n) is 12.9. The lowest BCUT2D eigenvalue weighted by atomic mass is 9.41. The standard InChI is InChI=1S/C31H53NO4/c1-19(2)14-17-32-27-26(34)25(33)18-21-10-11-22-23-13-16-31(28(35)36,20-8-6-5-7-9-20)29(23,3)15-12-24(22)30(21,27)4/h19-27,32-34H,5-18H2,1-4H3,(H,35,36)/t21?,22-,23-,24+,25?,26?,27?,29-,30-,31?/m0/s1. The van der Waals surface area contributed by atoms with Crippen molar-refractivity contribution in [2.75, 3.05) is 6.54 Å². The Morgan fingerprint density at radius 1 is 0.917 bits per heavy atom. The lowest BCUT2D eigenvalue weighted by molar-refractivity contribution is -0.194. The number of hydrogen-bond acceptors (Lipinski definition) is 4. The molecule has 36 heavy (non-hydrogen) atoms. The van der Waals surface area contributed by atoms with Crippen LogP contribution in [-0.2, 0) is 4.79 Å². The van der Waals surface area contributed by atoms with Crippen molar-refractivity contribution in [2.24, 2.45) is 51.8 Å². The van der Waals surface area contributed by atoms with Gasteiger partial charge in [0, 0.05) is 6.04 Å². The number of hydrogen-bond donors (Lipinski definition) is 4. The third kappa shape index (κ3) is 3.84. The van der Waals surface area contributed by atoms with Crippen molar-refractivity contribution in [1.29, 1.82) is 0 Å². The summed E-state index contributed by atoms with van der Waals surface area (Å²) in [5.41, 5.74) is -0.740. The van der Waals surface area contributed by atoms with E-state index >= 15 is 0 Å². The van der Waals surface area contributed by atoms with Crippen LogP contribution in [0.2, 0.25) is 0 Å². The molecule has 5 unspecified atom stereocenters. The maximum Gasteiger partial charge on any atom is 0.310 e. The first kappa shape index (κ1) is 26.9. The molecule has 5 fully saturated rings. The molecule has 10 atom stereocenters. The van der Waals surface area contributed by atoms with Gasteiger partial charge in [0.05, 0.1) is 17.6 Å². The molecule has 5 nitrogen and oxygen atoms in total. The second-order valence-corrected chi connectivity index (χ2v) is 14.5. The minimum Gasteiger partial charge on any atom is -0.481 e. The van der Waals surface area contributed by atoms with E-state index in [1.54, 1.807) is 0 Å². The van der Waals surface area contributed by atoms with Crippen molar-refractivity contribution in [2.45, 2.75) is 129 Å². The lowest BCUT2D eigenvalue weighted by Crippen LogP contribution is -2.68. The Balaban J connectivity index is 1.46. The first-order chi connectivity index (χ1) is 17.1. The number of rotatable bonds is 6. The molecule has 206 valence electrons. The van der Waals surface area contributed by atoms with Gasteiger partial charge in [-0.15, -0.1) is 0 Å². The fourth-order valence-electron chi connectivity index (χ4n) is 11.1. The van der Waals surface area contributed by atoms with Crippen LogP contribution < -0.4 is 5.32 Å². The van der Waals surface area contributed by atoms with Gasteiger partial charge in [0.25, 0.3) is 0 Å². The van der Waals surface area contributed by atoms with Crippen LogP contribution in [0, 0.1) is 51.8 Å². The van der Waals surface area contributed by atoms with Gasteiger partial charge in [-0.3, -0.25) is 4.79 Å². The minimum atomic E-state index is -0.727. The summed E-state index contributed by atoms with van der Waals surface area (Å²) in [5.74, 6) is 2.33. The number of aliphatic hydroxyl groups excluding tert-OH is 2. The van der Waals surface area contributed by atoms with E-state index in [-0.39, 0.29) is 16.9 Å². The molecule has 0 amide bonds. The quantitative estimate of drug-likeness (QED) is 0.377. The Labute approximate surface area is 219 Å². The Morgan fingerprint density at radius 3 is 2.28 bits per heavy atom. The van der Waals surface area contributed by atoms with Crippen LogP contribution in [0.4, 0.5) is 0 Å². The van der Waals surface area contributed by atoms with Crippen LogP contribution >= 0.6 is 0 Å². The van der Waals surface area contributed by atoms with Crippen molar-refractivity contribution >= 4 is 5.97 Å². The monoisotopic (exact) mass is 503 g/mol. The molecule has 5 aliphatic carbocycles. The Bertz CT molecular complexity index is 810. The third-order valence-corrected chi connectivity index (χ3v) is 12.9. The second-order valence-electron chi connectivity index (χ2n) is 14.5. The number of nitrogens with one attached hydrogen (secondary N) is 1. The van der Waals surface area contributed by atoms with Gasteiger partial charge in [-0.05, 0) is 117 Å². The first-order valence-electron chi connectivity index (χ1n) is 15.4. The highest BCUT2D eigenvalue weighted by molar-refractivity contribution is 5.77. The van der Waals surface area contributed by atoms with Crippen molar-refractivity contribution in [3.8, 4) is 0 Å². The molecule has 0 aromatic rings. The van der Waals surface area contributed by atoms with E-state index < -0.39 is 23.6 Å². The Kier molecular flexibility index (Phi) is 7.35. The Hall–Kier alpha value is -0.650. The van der Waals surface area contributed by atoms with Gasteiger partial charge in [0.15, 0.2) is 0 Å². The predicted molar refractivity (Wildman–Crippen MR) is 142 cm³/mol. The maximum absolute atomic E-state index is 13.2. The summed E-state index contributed by atoms with van der Waals surface area (Å²) >= 11 is 0. The molecule has 0 radical (unpaired) electrons. The SMILES string of the molecule is CC(C)CCNC1C(O)C(O)CC2CC[C@@H]3[C@@H](CC[C@@]4(C)[C@H]3CCC4(C(=O)O)C3CCCCC3)[C@]21C. The molecular weight excluding hydrogens is 450 g/mol. The molecule has 0 bridgehead atoms. The highest BCUT2D eigenvalue weighted by Crippen LogP contribution is 2.72. The number of carbonyl (C=O) groups is 1. The Morgan fingerprint density at radius 2 is 1.61 bits per heavy atom. The molecule has 4 N–H and O–H groups in total. The normalized spacial score (nSPS) is 49.4. The van der Waals surface area contributed by atoms with Crippen molar-refractivity contribution < 1.29 is 20.1 Å². The molecule has 5 heteroatoms. The van der Waals surface area contributed by atoms with Gasteiger partial charge >= 0.3 is 5.97 Å². The molecule has 5 aliphatic rings. The van der Waals surface area contributed by atoms with Gasteiger partial charge < -0.3 is 20.6 Å². The molecule has 5 saturated carbocycles. The van der Waals surface area contributed by atoms with Crippen LogP contribution in [0.15, 0.2) is 0 Å². The molecule has 0 saturated heterocycles. The summed E-state index contributed by atoms with van der Waals surface area (Å²) in [6, 6.07) is -0.0915. The molecule has 0 spiro atoms. The first-order valence-corrected chi connectivity index (χ1v) is 15.4. The van der Waals surface area contributed by atoms with Crippen molar-refractivity contribution in [3.63, 3.8) is 0 Å². The highest BCUT2D eigenvalue weighted by Gasteiger charge is 2.70. The van der Waals surface area contributed by atoms with E-state index in [0.29, 0.717) is 41.9 Å². The number of fused-ring (bicyclic) bond motifs is 5. The van der Waals surface area contributed by atoms with Crippen molar-refractivity contribution in [3.05, 3.63) is 0 Å². The molecule has 0 aliphatic heterocycles.